The van der Waals surface area contributed by atoms with Crippen molar-refractivity contribution in [3.63, 3.8) is 0 Å². The molecule has 0 amide bonds. The maximum Gasteiger partial charge on any atom is 0.165 e. The van der Waals surface area contributed by atoms with Gasteiger partial charge in [0.25, 0.3) is 0 Å². The Labute approximate surface area is 147 Å². The Morgan fingerprint density at radius 3 is 2.75 bits per heavy atom. The molecule has 1 aromatic carbocycles. The standard InChI is InChI=1S/C17H23ClN6/c18-15-6-2-1-5-14(15)16(23-9-3-4-10-23)11-19-12-17-20-21-22-24(17)13-7-8-13/h1-2,5-6,13,16,19H,3-4,7-12H2/t16-/m0/s1. The van der Waals surface area contributed by atoms with Crippen LogP contribution in [0.5, 0.6) is 0 Å². The van der Waals surface area contributed by atoms with Crippen LogP contribution in [0.4, 0.5) is 0 Å². The van der Waals surface area contributed by atoms with E-state index in [1.54, 1.807) is 0 Å². The molecule has 128 valence electrons. The quantitative estimate of drug-likeness (QED) is 0.835. The van der Waals surface area contributed by atoms with Gasteiger partial charge in [-0.05, 0) is 60.8 Å². The van der Waals surface area contributed by atoms with Crippen molar-refractivity contribution in [2.24, 2.45) is 0 Å². The number of rotatable bonds is 7. The van der Waals surface area contributed by atoms with Crippen LogP contribution in [-0.4, -0.2) is 44.7 Å². The molecule has 1 aliphatic heterocycles. The van der Waals surface area contributed by atoms with Crippen molar-refractivity contribution in [1.82, 2.24) is 30.4 Å². The van der Waals surface area contributed by atoms with Gasteiger partial charge in [-0.15, -0.1) is 5.10 Å². The van der Waals surface area contributed by atoms with Gasteiger partial charge < -0.3 is 5.32 Å². The van der Waals surface area contributed by atoms with Crippen LogP contribution in [0.3, 0.4) is 0 Å². The highest BCUT2D eigenvalue weighted by atomic mass is 35.5. The Hall–Kier alpha value is -1.50. The summed E-state index contributed by atoms with van der Waals surface area (Å²) >= 11 is 6.46. The van der Waals surface area contributed by atoms with E-state index in [2.05, 4.69) is 37.9 Å². The minimum absolute atomic E-state index is 0.298. The van der Waals surface area contributed by atoms with Gasteiger partial charge in [0.15, 0.2) is 5.82 Å². The van der Waals surface area contributed by atoms with Gasteiger partial charge in [-0.25, -0.2) is 4.68 Å². The number of hydrogen-bond acceptors (Lipinski definition) is 5. The second kappa shape index (κ2) is 7.17. The predicted molar refractivity (Wildman–Crippen MR) is 92.8 cm³/mol. The number of nitrogens with zero attached hydrogens (tertiary/aromatic N) is 5. The number of hydrogen-bond donors (Lipinski definition) is 1. The van der Waals surface area contributed by atoms with Gasteiger partial charge in [0.1, 0.15) is 0 Å². The first-order valence-corrected chi connectivity index (χ1v) is 9.16. The zero-order valence-corrected chi connectivity index (χ0v) is 14.5. The second-order valence-electron chi connectivity index (χ2n) is 6.68. The lowest BCUT2D eigenvalue weighted by atomic mass is 10.1. The lowest BCUT2D eigenvalue weighted by molar-refractivity contribution is 0.237. The summed E-state index contributed by atoms with van der Waals surface area (Å²) < 4.78 is 1.97. The molecule has 2 heterocycles. The molecule has 2 aromatic rings. The van der Waals surface area contributed by atoms with E-state index in [-0.39, 0.29) is 0 Å². The van der Waals surface area contributed by atoms with Crippen LogP contribution in [-0.2, 0) is 6.54 Å². The summed E-state index contributed by atoms with van der Waals surface area (Å²) in [6.45, 7) is 3.81. The van der Waals surface area contributed by atoms with Crippen molar-refractivity contribution in [1.29, 1.82) is 0 Å². The molecule has 2 fully saturated rings. The number of tetrazole rings is 1. The molecule has 0 unspecified atom stereocenters. The summed E-state index contributed by atoms with van der Waals surface area (Å²) in [6, 6.07) is 8.98. The van der Waals surface area contributed by atoms with E-state index in [1.807, 2.05) is 16.8 Å². The van der Waals surface area contributed by atoms with E-state index >= 15 is 0 Å². The van der Waals surface area contributed by atoms with E-state index in [0.29, 0.717) is 18.6 Å². The van der Waals surface area contributed by atoms with Crippen LogP contribution in [0, 0.1) is 0 Å². The summed E-state index contributed by atoms with van der Waals surface area (Å²) in [5.41, 5.74) is 1.20. The van der Waals surface area contributed by atoms with Crippen molar-refractivity contribution in [3.8, 4) is 0 Å². The molecule has 2 aliphatic rings. The SMILES string of the molecule is Clc1ccccc1[C@H](CNCc1nnnn1C1CC1)N1CCCC1. The molecule has 1 saturated heterocycles. The summed E-state index contributed by atoms with van der Waals surface area (Å²) in [6.07, 6.45) is 4.91. The molecule has 4 rings (SSSR count). The first kappa shape index (κ1) is 16.0. The molecule has 0 spiro atoms. The van der Waals surface area contributed by atoms with Gasteiger partial charge in [-0.3, -0.25) is 4.90 Å². The predicted octanol–water partition coefficient (Wildman–Crippen LogP) is 2.59. The van der Waals surface area contributed by atoms with Gasteiger partial charge in [0.05, 0.1) is 12.6 Å². The van der Waals surface area contributed by atoms with Crippen LogP contribution in [0.1, 0.15) is 49.2 Å². The third-order valence-corrected chi connectivity index (χ3v) is 5.26. The molecule has 24 heavy (non-hydrogen) atoms. The summed E-state index contributed by atoms with van der Waals surface area (Å²) in [5, 5.41) is 16.5. The van der Waals surface area contributed by atoms with Crippen LogP contribution < -0.4 is 5.32 Å². The summed E-state index contributed by atoms with van der Waals surface area (Å²) in [4.78, 5) is 2.53. The topological polar surface area (TPSA) is 58.9 Å². The third kappa shape index (κ3) is 3.45. The maximum atomic E-state index is 6.46. The normalized spacial score (nSPS) is 19.7. The average molecular weight is 347 g/mol. The Morgan fingerprint density at radius 2 is 2.00 bits per heavy atom. The summed E-state index contributed by atoms with van der Waals surface area (Å²) in [7, 11) is 0. The minimum Gasteiger partial charge on any atom is -0.308 e. The molecule has 1 N–H and O–H groups in total. The zero-order chi connectivity index (χ0) is 16.4. The van der Waals surface area contributed by atoms with Gasteiger partial charge in [-0.2, -0.15) is 0 Å². The molecule has 7 heteroatoms. The van der Waals surface area contributed by atoms with E-state index in [1.165, 1.54) is 31.2 Å². The minimum atomic E-state index is 0.298. The molecule has 1 aromatic heterocycles. The fraction of sp³-hybridized carbons (Fsp3) is 0.588. The van der Waals surface area contributed by atoms with E-state index < -0.39 is 0 Å². The molecular weight excluding hydrogens is 324 g/mol. The highest BCUT2D eigenvalue weighted by Gasteiger charge is 2.28. The molecule has 1 atom stereocenters. The van der Waals surface area contributed by atoms with Crippen molar-refractivity contribution >= 4 is 11.6 Å². The van der Waals surface area contributed by atoms with Crippen LogP contribution >= 0.6 is 11.6 Å². The third-order valence-electron chi connectivity index (χ3n) is 4.92. The summed E-state index contributed by atoms with van der Waals surface area (Å²) in [5.74, 6) is 0.928. The average Bonchev–Trinajstić information content (AvgIpc) is 3.10. The lowest BCUT2D eigenvalue weighted by Gasteiger charge is -2.29. The number of likely N-dealkylation sites (tertiary alicyclic amines) is 1. The second-order valence-corrected chi connectivity index (χ2v) is 7.09. The first-order valence-electron chi connectivity index (χ1n) is 8.79. The van der Waals surface area contributed by atoms with E-state index in [0.717, 1.165) is 30.5 Å². The highest BCUT2D eigenvalue weighted by Crippen LogP contribution is 2.34. The number of aromatic nitrogens is 4. The molecule has 0 radical (unpaired) electrons. The van der Waals surface area contributed by atoms with Gasteiger partial charge in [0.2, 0.25) is 0 Å². The molecular formula is C17H23ClN6. The van der Waals surface area contributed by atoms with Gasteiger partial charge in [0, 0.05) is 17.6 Å². The fourth-order valence-corrected chi connectivity index (χ4v) is 3.75. The van der Waals surface area contributed by atoms with Crippen molar-refractivity contribution in [3.05, 3.63) is 40.7 Å². The van der Waals surface area contributed by atoms with Crippen molar-refractivity contribution < 1.29 is 0 Å². The van der Waals surface area contributed by atoms with E-state index in [4.69, 9.17) is 11.6 Å². The van der Waals surface area contributed by atoms with Crippen molar-refractivity contribution in [2.75, 3.05) is 19.6 Å². The Balaban J connectivity index is 1.44. The molecule has 1 aliphatic carbocycles. The lowest BCUT2D eigenvalue weighted by Crippen LogP contribution is -2.34. The highest BCUT2D eigenvalue weighted by molar-refractivity contribution is 6.31. The monoisotopic (exact) mass is 346 g/mol. The van der Waals surface area contributed by atoms with E-state index in [9.17, 15) is 0 Å². The van der Waals surface area contributed by atoms with Gasteiger partial charge in [-0.1, -0.05) is 29.8 Å². The number of benzene rings is 1. The van der Waals surface area contributed by atoms with Crippen LogP contribution in [0.25, 0.3) is 0 Å². The molecule has 6 nitrogen and oxygen atoms in total. The molecule has 0 bridgehead atoms. The first-order chi connectivity index (χ1) is 11.8. The Bertz CT molecular complexity index is 677. The van der Waals surface area contributed by atoms with Gasteiger partial charge >= 0.3 is 0 Å². The largest absolute Gasteiger partial charge is 0.308 e. The number of nitrogens with one attached hydrogen (secondary N) is 1. The molecule has 1 saturated carbocycles. The number of halogens is 1. The fourth-order valence-electron chi connectivity index (χ4n) is 3.49. The Kier molecular flexibility index (Phi) is 4.78. The maximum absolute atomic E-state index is 6.46. The van der Waals surface area contributed by atoms with Crippen LogP contribution in [0.15, 0.2) is 24.3 Å². The zero-order valence-electron chi connectivity index (χ0n) is 13.7. The van der Waals surface area contributed by atoms with Crippen LogP contribution in [0.2, 0.25) is 5.02 Å². The smallest absolute Gasteiger partial charge is 0.165 e. The van der Waals surface area contributed by atoms with Crippen molar-refractivity contribution in [2.45, 2.75) is 44.3 Å². The Morgan fingerprint density at radius 1 is 1.21 bits per heavy atom.